The van der Waals surface area contributed by atoms with Crippen molar-refractivity contribution in [2.24, 2.45) is 0 Å². The number of rotatable bonds is 8. The molecule has 129 heavy (non-hydrogen) atoms. The van der Waals surface area contributed by atoms with Crippen LogP contribution in [0.15, 0.2) is 0 Å². The molecule has 3 aromatic heterocycles. The van der Waals surface area contributed by atoms with Gasteiger partial charge in [-0.2, -0.15) is 211 Å². The Bertz CT molecular complexity index is 5100. The molecular formula is C56CuF64N8. The van der Waals surface area contributed by atoms with E-state index < -0.39 is 325 Å². The molecule has 2 aliphatic heterocycles. The molecule has 0 amide bonds. The third-order valence-corrected chi connectivity index (χ3v) is 18.0. The van der Waals surface area contributed by atoms with Crippen molar-refractivity contribution in [3.05, 3.63) is 91.0 Å². The minimum absolute atomic E-state index is 0. The van der Waals surface area contributed by atoms with Crippen LogP contribution in [0.5, 0.6) is 0 Å². The van der Waals surface area contributed by atoms with Crippen molar-refractivity contribution in [1.82, 2.24) is 39.9 Å². The van der Waals surface area contributed by atoms with Gasteiger partial charge in [-0.3, -0.25) is 0 Å². The third kappa shape index (κ3) is 13.7. The molecule has 4 aromatic carbocycles. The number of aromatic nitrogens is 8. The van der Waals surface area contributed by atoms with Gasteiger partial charge in [0.25, 0.3) is 0 Å². The largest absolute Gasteiger partial charge is 2.00 e. The first-order valence-corrected chi connectivity index (χ1v) is 29.7. The molecule has 723 valence electrons. The van der Waals surface area contributed by atoms with Gasteiger partial charge in [0.1, 0.15) is 46.5 Å². The van der Waals surface area contributed by atoms with E-state index in [-0.39, 0.29) is 17.1 Å². The first kappa shape index (κ1) is 105. The van der Waals surface area contributed by atoms with Crippen LogP contribution in [0.2, 0.25) is 0 Å². The van der Waals surface area contributed by atoms with Crippen LogP contribution in [0.25, 0.3) is 89.7 Å². The van der Waals surface area contributed by atoms with Gasteiger partial charge in [-0.1, -0.05) is 0 Å². The van der Waals surface area contributed by atoms with E-state index in [4.69, 9.17) is 0 Å². The zero-order valence-electron chi connectivity index (χ0n) is 56.1. The Morgan fingerprint density at radius 1 is 0.140 bits per heavy atom. The third-order valence-electron chi connectivity index (χ3n) is 18.0. The van der Waals surface area contributed by atoms with Gasteiger partial charge < -0.3 is 29.9 Å². The second kappa shape index (κ2) is 28.7. The van der Waals surface area contributed by atoms with Gasteiger partial charge in [0.2, 0.25) is 0 Å². The Kier molecular flexibility index (Phi) is 23.2. The van der Waals surface area contributed by atoms with E-state index in [1.807, 2.05) is 39.9 Å². The molecule has 7 aromatic rings. The molecule has 1 radical (unpaired) electrons. The van der Waals surface area contributed by atoms with Gasteiger partial charge in [-0.15, -0.1) is 0 Å². The topological polar surface area (TPSA) is 106 Å². The summed E-state index contributed by atoms with van der Waals surface area (Å²) in [6.45, 7) is 0. The second-order valence-corrected chi connectivity index (χ2v) is 25.2. The van der Waals surface area contributed by atoms with Crippen molar-refractivity contribution in [3.8, 4) is 45.6 Å². The normalized spacial score (nSPS) is 15.4. The standard InChI is InChI=1S/C56F64N8.Cu/c57-17-1-2(18(58)10(34(66,43(79,80)81)44(82,83)84)9(17)33(65,41(73,74)75)42(76,77)78)26-121-25(1)125-27-3-4(20(60)12(36(68,47(91,92)93)48(94,95)96)11(19(3)59)35(67,45(85,86)87)46(88,89)90)29(122-27)127-31-7-8(24(64)16(40(72,55(115,116)117)56(118,119)120)15(23(7)63)39(71,53(109,110)111)54(112,113)114)32(124-31)128-30-6-5(28(123-30)126-26)21(61)13(37(69,49(97,98)99)50(100,101)102)14(22(6)62)38(70,51(103,104)105)52(106,107)108;/q-2;+2. The van der Waals surface area contributed by atoms with Crippen molar-refractivity contribution in [2.75, 3.05) is 0 Å². The van der Waals surface area contributed by atoms with Crippen LogP contribution in [-0.2, 0) is 62.4 Å². The minimum atomic E-state index is -9.24. The summed E-state index contributed by atoms with van der Waals surface area (Å²) in [6.07, 6.45) is -146. The number of hydrogen-bond acceptors (Lipinski definition) is 6. The van der Waals surface area contributed by atoms with Gasteiger partial charge >= 0.3 is 161 Å². The molecule has 0 fully saturated rings. The summed E-state index contributed by atoms with van der Waals surface area (Å²) in [5.41, 5.74) is -158. The molecule has 0 N–H and O–H groups in total. The van der Waals surface area contributed by atoms with Crippen LogP contribution < -0.4 is 9.97 Å². The average Bonchev–Trinajstić information content (AvgIpc) is 1.59. The maximum Gasteiger partial charge on any atom is 2.00 e. The van der Waals surface area contributed by atoms with Crippen molar-refractivity contribution in [1.29, 1.82) is 0 Å². The van der Waals surface area contributed by atoms with Gasteiger partial charge in [0.15, 0.2) is 0 Å². The molecule has 8 nitrogen and oxygen atoms in total. The zero-order valence-corrected chi connectivity index (χ0v) is 57.0. The summed E-state index contributed by atoms with van der Waals surface area (Å²) >= 11 is 0. The molecule has 0 atom stereocenters. The fourth-order valence-electron chi connectivity index (χ4n) is 12.5. The Morgan fingerprint density at radius 3 is 0.326 bits per heavy atom. The molecular weight excluding hydrogens is 2060 g/mol. The minimum Gasteiger partial charge on any atom is -0.357 e. The Morgan fingerprint density at radius 2 is 0.233 bits per heavy atom. The second-order valence-electron chi connectivity index (χ2n) is 25.2. The monoisotopic (exact) mass is 2060 g/mol. The molecule has 5 heterocycles. The van der Waals surface area contributed by atoms with E-state index in [9.17, 15) is 211 Å². The predicted molar refractivity (Wildman–Crippen MR) is 273 cm³/mol. The number of nitrogens with zero attached hydrogens (tertiary/aromatic N) is 8. The summed E-state index contributed by atoms with van der Waals surface area (Å²) in [4.78, 5) is 14.9. The quantitative estimate of drug-likeness (QED) is 0.109. The molecule has 0 spiro atoms. The van der Waals surface area contributed by atoms with Crippen LogP contribution >= 0.6 is 0 Å². The van der Waals surface area contributed by atoms with E-state index in [1.54, 1.807) is 0 Å². The first-order chi connectivity index (χ1) is 56.1. The zero-order chi connectivity index (χ0) is 100. The van der Waals surface area contributed by atoms with Crippen LogP contribution in [0.4, 0.5) is 281 Å². The summed E-state index contributed by atoms with van der Waals surface area (Å²) in [6, 6.07) is 0. The van der Waals surface area contributed by atoms with Gasteiger partial charge in [-0.05, 0) is 0 Å². The van der Waals surface area contributed by atoms with Crippen LogP contribution in [-0.4, -0.2) is 129 Å². The molecule has 0 saturated heterocycles. The number of hydrogen-bond donors (Lipinski definition) is 0. The Balaban J connectivity index is 0.0000206. The molecule has 2 aliphatic rings. The van der Waals surface area contributed by atoms with E-state index in [1.165, 1.54) is 0 Å². The average molecular weight is 2060 g/mol. The maximum absolute atomic E-state index is 17.8. The fraction of sp³-hybridized carbons (Fsp3) is 0.429. The van der Waals surface area contributed by atoms with Crippen molar-refractivity contribution in [2.45, 2.75) is 144 Å². The van der Waals surface area contributed by atoms with Crippen LogP contribution in [0.1, 0.15) is 44.5 Å². The Labute approximate surface area is 662 Å². The summed E-state index contributed by atoms with van der Waals surface area (Å²) in [5.74, 6) is -61.7. The smallest absolute Gasteiger partial charge is 0.357 e. The van der Waals surface area contributed by atoms with E-state index in [0.717, 1.165) is 0 Å². The maximum atomic E-state index is 17.8. The van der Waals surface area contributed by atoms with Crippen molar-refractivity contribution in [3.63, 3.8) is 0 Å². The van der Waals surface area contributed by atoms with Crippen molar-refractivity contribution >= 4 is 44.1 Å². The van der Waals surface area contributed by atoms with Crippen LogP contribution in [0, 0.1) is 46.5 Å². The molecule has 0 aliphatic carbocycles. The summed E-state index contributed by atoms with van der Waals surface area (Å²) < 4.78 is 988. The number of fused-ring (bicyclic) bond motifs is 20. The molecule has 0 unspecified atom stereocenters. The Hall–Kier alpha value is -9.72. The molecule has 0 saturated carbocycles. The van der Waals surface area contributed by atoms with E-state index in [0.29, 0.717) is 0 Å². The van der Waals surface area contributed by atoms with Gasteiger partial charge in [-0.25, -0.2) is 80.2 Å². The van der Waals surface area contributed by atoms with Crippen LogP contribution in [0.3, 0.4) is 0 Å². The SMILES string of the molecule is Fc1c2c(c(F)c(C(F)(C(F)(F)F)C(F)(F)F)c1C(F)(C(F)(F)F)C(F)(F)F)-c1nc-2nc2[n-]c(nc3nc(nc4[n-]c(n1)c1c(F)c(C(F)(C(F)(F)F)C(F)(F)F)c(C(F)(C(F)(F)F)C(F)(F)F)c(F)c41)-c1c(F)c(C(F)(C(F)(F)F)C(F)(F)F)c(C(F)(C(F)(F)F)C(F)(F)F)c(F)c1-3)c1c(F)c(C(F)(C(F)(F)F)C(F)(F)F)c(C(F)(C(F)(F)F)C(F)(F)F)c(F)c21.[Cu+2]. The number of halogens is 64. The van der Waals surface area contributed by atoms with Gasteiger partial charge in [0.05, 0.1) is 90.1 Å². The van der Waals surface area contributed by atoms with E-state index >= 15 is 70.2 Å². The number of benzene rings is 4. The van der Waals surface area contributed by atoms with Gasteiger partial charge in [0, 0.05) is 44.1 Å². The predicted octanol–water partition coefficient (Wildman–Crippen LogP) is 25.6. The number of alkyl halides is 56. The molecule has 9 rings (SSSR count). The van der Waals surface area contributed by atoms with Crippen molar-refractivity contribution < 1.29 is 298 Å². The van der Waals surface area contributed by atoms with E-state index in [2.05, 4.69) is 0 Å². The first-order valence-electron chi connectivity index (χ1n) is 29.7. The summed E-state index contributed by atoms with van der Waals surface area (Å²) in [5, 5.41) is -18.1. The molecule has 73 heteroatoms. The molecule has 8 bridgehead atoms. The fourth-order valence-corrected chi connectivity index (χ4v) is 12.5. The summed E-state index contributed by atoms with van der Waals surface area (Å²) in [7, 11) is 0.